The van der Waals surface area contributed by atoms with Crippen molar-refractivity contribution >= 4 is 40.6 Å². The molecule has 2 aromatic heterocycles. The van der Waals surface area contributed by atoms with E-state index in [2.05, 4.69) is 26.8 Å². The first-order chi connectivity index (χ1) is 15.2. The number of carboxylic acids is 2. The van der Waals surface area contributed by atoms with Gasteiger partial charge < -0.3 is 32.0 Å². The van der Waals surface area contributed by atoms with Crippen molar-refractivity contribution in [1.29, 1.82) is 0 Å². The molecule has 1 amide bonds. The van der Waals surface area contributed by atoms with E-state index in [0.717, 1.165) is 16.5 Å². The van der Waals surface area contributed by atoms with Crippen molar-refractivity contribution < 1.29 is 24.6 Å². The molecule has 11 heteroatoms. The van der Waals surface area contributed by atoms with Crippen molar-refractivity contribution in [2.45, 2.75) is 25.3 Å². The van der Waals surface area contributed by atoms with Crippen molar-refractivity contribution in [3.05, 3.63) is 59.3 Å². The van der Waals surface area contributed by atoms with E-state index < -0.39 is 30.3 Å². The highest BCUT2D eigenvalue weighted by Gasteiger charge is 2.23. The number of anilines is 2. The molecule has 1 atom stereocenters. The molecule has 0 fully saturated rings. The van der Waals surface area contributed by atoms with Gasteiger partial charge >= 0.3 is 11.9 Å². The largest absolute Gasteiger partial charge is 0.480 e. The third-order valence-electron chi connectivity index (χ3n) is 4.91. The minimum atomic E-state index is -1.39. The number of fused-ring (bicyclic) bond motifs is 1. The summed E-state index contributed by atoms with van der Waals surface area (Å²) in [5.74, 6) is -2.90. The van der Waals surface area contributed by atoms with E-state index in [1.165, 1.54) is 0 Å². The topological polar surface area (TPSA) is 197 Å². The molecule has 32 heavy (non-hydrogen) atoms. The van der Waals surface area contributed by atoms with Crippen LogP contribution in [-0.4, -0.2) is 49.1 Å². The number of hydrogen-bond acceptors (Lipinski definition) is 7. The second kappa shape index (κ2) is 9.16. The minimum Gasteiger partial charge on any atom is -0.480 e. The van der Waals surface area contributed by atoms with Crippen LogP contribution in [0.5, 0.6) is 0 Å². The Morgan fingerprint density at radius 3 is 2.41 bits per heavy atom. The number of benzene rings is 1. The van der Waals surface area contributed by atoms with E-state index >= 15 is 0 Å². The molecule has 2 heterocycles. The van der Waals surface area contributed by atoms with E-state index in [0.29, 0.717) is 24.3 Å². The SMILES string of the molecule is C=C(C[C@H](NC(=O)c1ccc(CCc2c[nH]c3nc(N)nc(N)c23)cc1)C(=O)O)C(=O)O. The number of aryl methyl sites for hydroxylation is 2. The molecular formula is C21H22N6O5. The maximum Gasteiger partial charge on any atom is 0.331 e. The molecule has 0 aliphatic heterocycles. The second-order valence-electron chi connectivity index (χ2n) is 7.18. The Bertz CT molecular complexity index is 1200. The van der Waals surface area contributed by atoms with Crippen LogP contribution in [0.3, 0.4) is 0 Å². The fourth-order valence-electron chi connectivity index (χ4n) is 3.22. The number of hydrogen-bond donors (Lipinski definition) is 6. The van der Waals surface area contributed by atoms with Crippen LogP contribution in [0.2, 0.25) is 0 Å². The fourth-order valence-corrected chi connectivity index (χ4v) is 3.22. The van der Waals surface area contributed by atoms with Crippen molar-refractivity contribution in [2.24, 2.45) is 0 Å². The smallest absolute Gasteiger partial charge is 0.331 e. The van der Waals surface area contributed by atoms with Gasteiger partial charge in [0.25, 0.3) is 5.91 Å². The van der Waals surface area contributed by atoms with E-state index in [9.17, 15) is 19.5 Å². The fraction of sp³-hybridized carbons (Fsp3) is 0.190. The summed E-state index contributed by atoms with van der Waals surface area (Å²) in [4.78, 5) is 45.7. The van der Waals surface area contributed by atoms with Crippen molar-refractivity contribution in [3.63, 3.8) is 0 Å². The molecule has 1 aromatic carbocycles. The van der Waals surface area contributed by atoms with E-state index in [-0.39, 0.29) is 17.1 Å². The predicted molar refractivity (Wildman–Crippen MR) is 117 cm³/mol. The van der Waals surface area contributed by atoms with Crippen LogP contribution < -0.4 is 16.8 Å². The molecule has 0 unspecified atom stereocenters. The molecular weight excluding hydrogens is 416 g/mol. The zero-order chi connectivity index (χ0) is 23.4. The van der Waals surface area contributed by atoms with Gasteiger partial charge in [-0.15, -0.1) is 0 Å². The zero-order valence-electron chi connectivity index (χ0n) is 17.0. The lowest BCUT2D eigenvalue weighted by molar-refractivity contribution is -0.139. The summed E-state index contributed by atoms with van der Waals surface area (Å²) in [6, 6.07) is 5.27. The number of nitrogens with one attached hydrogen (secondary N) is 2. The number of aliphatic carboxylic acids is 2. The molecule has 8 N–H and O–H groups in total. The van der Waals surface area contributed by atoms with Gasteiger partial charge in [0.1, 0.15) is 17.5 Å². The number of amides is 1. The van der Waals surface area contributed by atoms with Gasteiger partial charge in [0.05, 0.1) is 5.39 Å². The maximum absolute atomic E-state index is 12.4. The van der Waals surface area contributed by atoms with E-state index in [1.54, 1.807) is 30.5 Å². The van der Waals surface area contributed by atoms with Crippen LogP contribution in [0.15, 0.2) is 42.6 Å². The Hall–Kier alpha value is -4.41. The number of nitrogens with zero attached hydrogens (tertiary/aromatic N) is 2. The molecule has 3 aromatic rings. The Labute approximate surface area is 182 Å². The van der Waals surface area contributed by atoms with Crippen molar-refractivity contribution in [3.8, 4) is 0 Å². The standard InChI is InChI=1S/C21H22N6O5/c1-10(19(29)30)8-14(20(31)32)25-18(28)12-5-2-11(3-6-12)4-7-13-9-24-17-15(13)16(22)26-21(23)27-17/h2-3,5-6,9,14H,1,4,7-8H2,(H,25,28)(H,29,30)(H,31,32)(H5,22,23,24,26,27)/t14-/m0/s1. The summed E-state index contributed by atoms with van der Waals surface area (Å²) in [5, 5.41) is 21.1. The maximum atomic E-state index is 12.4. The number of carbonyl (C=O) groups is 3. The van der Waals surface area contributed by atoms with Gasteiger partial charge in [-0.25, -0.2) is 9.59 Å². The van der Waals surface area contributed by atoms with Crippen LogP contribution in [0.25, 0.3) is 11.0 Å². The van der Waals surface area contributed by atoms with Crippen LogP contribution in [-0.2, 0) is 22.4 Å². The lowest BCUT2D eigenvalue weighted by Gasteiger charge is -2.14. The Morgan fingerprint density at radius 1 is 1.09 bits per heavy atom. The van der Waals surface area contributed by atoms with Gasteiger partial charge in [-0.1, -0.05) is 18.7 Å². The molecule has 166 valence electrons. The summed E-state index contributed by atoms with van der Waals surface area (Å²) in [6.07, 6.45) is 2.68. The Balaban J connectivity index is 1.64. The van der Waals surface area contributed by atoms with E-state index in [1.807, 2.05) is 0 Å². The summed E-state index contributed by atoms with van der Waals surface area (Å²) < 4.78 is 0. The first kappa shape index (κ1) is 22.3. The number of rotatable bonds is 9. The summed E-state index contributed by atoms with van der Waals surface area (Å²) in [7, 11) is 0. The molecule has 3 rings (SSSR count). The molecule has 0 saturated heterocycles. The average molecular weight is 438 g/mol. The third kappa shape index (κ3) is 5.01. The number of carboxylic acid groups (broad SMARTS) is 2. The van der Waals surface area contributed by atoms with Gasteiger partial charge in [0, 0.05) is 23.8 Å². The molecule has 0 bridgehead atoms. The predicted octanol–water partition coefficient (Wildman–Crippen LogP) is 1.12. The van der Waals surface area contributed by atoms with Crippen LogP contribution >= 0.6 is 0 Å². The number of H-pyrrole nitrogens is 1. The second-order valence-corrected chi connectivity index (χ2v) is 7.18. The monoisotopic (exact) mass is 438 g/mol. The molecule has 0 saturated carbocycles. The first-order valence-electron chi connectivity index (χ1n) is 9.58. The number of aromatic nitrogens is 3. The van der Waals surface area contributed by atoms with Gasteiger partial charge in [-0.05, 0) is 36.1 Å². The Morgan fingerprint density at radius 2 is 1.78 bits per heavy atom. The highest BCUT2D eigenvalue weighted by molar-refractivity contribution is 5.97. The molecule has 0 aliphatic rings. The Kier molecular flexibility index (Phi) is 6.38. The minimum absolute atomic E-state index is 0.0923. The van der Waals surface area contributed by atoms with Crippen LogP contribution in [0, 0.1) is 0 Å². The van der Waals surface area contributed by atoms with Crippen molar-refractivity contribution in [1.82, 2.24) is 20.3 Å². The molecule has 0 spiro atoms. The highest BCUT2D eigenvalue weighted by atomic mass is 16.4. The molecule has 0 aliphatic carbocycles. The van der Waals surface area contributed by atoms with Crippen LogP contribution in [0.1, 0.15) is 27.9 Å². The number of nitrogen functional groups attached to an aromatic ring is 2. The summed E-state index contributed by atoms with van der Waals surface area (Å²) >= 11 is 0. The quantitative estimate of drug-likeness (QED) is 0.265. The zero-order valence-corrected chi connectivity index (χ0v) is 17.0. The molecule has 0 radical (unpaired) electrons. The normalized spacial score (nSPS) is 11.8. The summed E-state index contributed by atoms with van der Waals surface area (Å²) in [5.41, 5.74) is 13.9. The van der Waals surface area contributed by atoms with Gasteiger partial charge in [-0.3, -0.25) is 4.79 Å². The number of aromatic amines is 1. The average Bonchev–Trinajstić information content (AvgIpc) is 3.14. The van der Waals surface area contributed by atoms with Gasteiger partial charge in [-0.2, -0.15) is 9.97 Å². The first-order valence-corrected chi connectivity index (χ1v) is 9.58. The summed E-state index contributed by atoms with van der Waals surface area (Å²) in [6.45, 7) is 3.30. The molecule has 11 nitrogen and oxygen atoms in total. The number of nitrogens with two attached hydrogens (primary N) is 2. The number of carbonyl (C=O) groups excluding carboxylic acids is 1. The van der Waals surface area contributed by atoms with Gasteiger partial charge in [0.2, 0.25) is 5.95 Å². The van der Waals surface area contributed by atoms with Gasteiger partial charge in [0.15, 0.2) is 0 Å². The van der Waals surface area contributed by atoms with Crippen LogP contribution in [0.4, 0.5) is 11.8 Å². The third-order valence-corrected chi connectivity index (χ3v) is 4.91. The lowest BCUT2D eigenvalue weighted by Crippen LogP contribution is -2.41. The highest BCUT2D eigenvalue weighted by Crippen LogP contribution is 2.24. The lowest BCUT2D eigenvalue weighted by atomic mass is 10.0. The van der Waals surface area contributed by atoms with Crippen molar-refractivity contribution in [2.75, 3.05) is 11.5 Å². The van der Waals surface area contributed by atoms with E-state index in [4.69, 9.17) is 16.6 Å².